The molecule has 0 aliphatic heterocycles. The largest absolute Gasteiger partial charge is 0.497 e. The number of alkyl halides is 3. The zero-order chi connectivity index (χ0) is 23.3. The summed E-state index contributed by atoms with van der Waals surface area (Å²) < 4.78 is 46.7. The molecule has 2 aromatic carbocycles. The highest BCUT2D eigenvalue weighted by Crippen LogP contribution is 2.34. The Morgan fingerprint density at radius 3 is 2.47 bits per heavy atom. The van der Waals surface area contributed by atoms with Crippen molar-refractivity contribution in [3.8, 4) is 11.4 Å². The van der Waals surface area contributed by atoms with Gasteiger partial charge in [-0.1, -0.05) is 29.8 Å². The van der Waals surface area contributed by atoms with Crippen molar-refractivity contribution >= 4 is 23.4 Å². The Morgan fingerprint density at radius 2 is 1.84 bits per heavy atom. The van der Waals surface area contributed by atoms with Crippen molar-refractivity contribution < 1.29 is 27.5 Å². The Bertz CT molecular complexity index is 1110. The summed E-state index contributed by atoms with van der Waals surface area (Å²) in [5.74, 6) is -0.985. The molecule has 2 amide bonds. The van der Waals surface area contributed by atoms with Gasteiger partial charge in [-0.3, -0.25) is 9.59 Å². The van der Waals surface area contributed by atoms with Crippen molar-refractivity contribution in [3.05, 3.63) is 76.6 Å². The number of nitrogens with one attached hydrogen (secondary N) is 2. The fourth-order valence-electron chi connectivity index (χ4n) is 2.85. The molecule has 3 rings (SSSR count). The molecule has 1 aromatic heterocycles. The van der Waals surface area contributed by atoms with E-state index in [4.69, 9.17) is 16.3 Å². The van der Waals surface area contributed by atoms with Crippen molar-refractivity contribution in [2.45, 2.75) is 12.7 Å². The van der Waals surface area contributed by atoms with Crippen LogP contribution in [-0.2, 0) is 17.5 Å². The smallest absolute Gasteiger partial charge is 0.434 e. The predicted molar refractivity (Wildman–Crippen MR) is 111 cm³/mol. The summed E-state index contributed by atoms with van der Waals surface area (Å²) in [6.07, 6.45) is -4.07. The third-order valence-corrected chi connectivity index (χ3v) is 4.63. The van der Waals surface area contributed by atoms with E-state index in [0.29, 0.717) is 10.4 Å². The molecule has 0 aliphatic rings. The lowest BCUT2D eigenvalue weighted by atomic mass is 10.2. The summed E-state index contributed by atoms with van der Waals surface area (Å²) in [5.41, 5.74) is -1.15. The number of halogens is 4. The van der Waals surface area contributed by atoms with Crippen molar-refractivity contribution in [1.29, 1.82) is 0 Å². The standard InChI is InChI=1S/C21H18ClF3N4O3/c1-32-16-7-5-13(6-8-16)10-26-18(30)12-27-20(31)17-11-28-29(19(17)21(23,24)25)15-4-2-3-14(22)9-15/h2-9,11H,10,12H2,1H3,(H,26,30)(H,27,31). The van der Waals surface area contributed by atoms with Crippen LogP contribution in [0.1, 0.15) is 21.6 Å². The number of nitrogens with zero attached hydrogens (tertiary/aromatic N) is 2. The summed E-state index contributed by atoms with van der Waals surface area (Å²) >= 11 is 5.85. The van der Waals surface area contributed by atoms with Gasteiger partial charge in [-0.25, -0.2) is 4.68 Å². The molecule has 0 aliphatic carbocycles. The first-order chi connectivity index (χ1) is 15.2. The second-order valence-electron chi connectivity index (χ2n) is 6.60. The number of rotatable bonds is 7. The van der Waals surface area contributed by atoms with E-state index in [0.717, 1.165) is 11.8 Å². The van der Waals surface area contributed by atoms with Crippen LogP contribution in [0.5, 0.6) is 5.75 Å². The SMILES string of the molecule is COc1ccc(CNC(=O)CNC(=O)c2cnn(-c3cccc(Cl)c3)c2C(F)(F)F)cc1. The van der Waals surface area contributed by atoms with Crippen LogP contribution in [0.25, 0.3) is 5.69 Å². The van der Waals surface area contributed by atoms with Gasteiger partial charge in [-0.05, 0) is 35.9 Å². The van der Waals surface area contributed by atoms with Gasteiger partial charge in [0.1, 0.15) is 5.75 Å². The van der Waals surface area contributed by atoms with Gasteiger partial charge in [0.05, 0.1) is 31.1 Å². The van der Waals surface area contributed by atoms with E-state index < -0.39 is 35.8 Å². The number of carbonyl (C=O) groups excluding carboxylic acids is 2. The lowest BCUT2D eigenvalue weighted by Gasteiger charge is -2.13. The molecule has 3 aromatic rings. The van der Waals surface area contributed by atoms with Crippen LogP contribution in [-0.4, -0.2) is 35.2 Å². The number of hydrogen-bond donors (Lipinski definition) is 2. The van der Waals surface area contributed by atoms with E-state index >= 15 is 0 Å². The number of aromatic nitrogens is 2. The molecule has 0 spiro atoms. The van der Waals surface area contributed by atoms with Crippen LogP contribution >= 0.6 is 11.6 Å². The quantitative estimate of drug-likeness (QED) is 0.557. The normalized spacial score (nSPS) is 11.2. The number of benzene rings is 2. The van der Waals surface area contributed by atoms with Gasteiger partial charge >= 0.3 is 6.18 Å². The topological polar surface area (TPSA) is 85.2 Å². The maximum absolute atomic E-state index is 13.7. The molecular weight excluding hydrogens is 449 g/mol. The van der Waals surface area contributed by atoms with Crippen LogP contribution in [0, 0.1) is 0 Å². The highest BCUT2D eigenvalue weighted by Gasteiger charge is 2.40. The summed E-state index contributed by atoms with van der Waals surface area (Å²) in [5, 5.41) is 8.68. The van der Waals surface area contributed by atoms with Crippen molar-refractivity contribution in [2.75, 3.05) is 13.7 Å². The maximum atomic E-state index is 13.7. The lowest BCUT2D eigenvalue weighted by molar-refractivity contribution is -0.143. The molecule has 168 valence electrons. The van der Waals surface area contributed by atoms with Gasteiger partial charge in [0.15, 0.2) is 5.69 Å². The molecular formula is C21H18ClF3N4O3. The van der Waals surface area contributed by atoms with Gasteiger partial charge in [0.25, 0.3) is 5.91 Å². The molecule has 0 saturated carbocycles. The van der Waals surface area contributed by atoms with E-state index in [9.17, 15) is 22.8 Å². The van der Waals surface area contributed by atoms with E-state index in [-0.39, 0.29) is 17.3 Å². The Labute approximate surface area is 186 Å². The van der Waals surface area contributed by atoms with Gasteiger partial charge in [0, 0.05) is 11.6 Å². The third kappa shape index (κ3) is 5.58. The molecule has 0 bridgehead atoms. The number of carbonyl (C=O) groups is 2. The van der Waals surface area contributed by atoms with Gasteiger partial charge in [0.2, 0.25) is 5.91 Å². The van der Waals surface area contributed by atoms with E-state index in [1.807, 2.05) is 0 Å². The second kappa shape index (κ2) is 9.73. The summed E-state index contributed by atoms with van der Waals surface area (Å²) in [6.45, 7) is -0.326. The molecule has 2 N–H and O–H groups in total. The summed E-state index contributed by atoms with van der Waals surface area (Å²) in [7, 11) is 1.53. The molecule has 11 heteroatoms. The average molecular weight is 467 g/mol. The van der Waals surface area contributed by atoms with Crippen LogP contribution in [0.3, 0.4) is 0 Å². The van der Waals surface area contributed by atoms with Crippen molar-refractivity contribution in [2.24, 2.45) is 0 Å². The third-order valence-electron chi connectivity index (χ3n) is 4.39. The first-order valence-corrected chi connectivity index (χ1v) is 9.66. The number of hydrogen-bond acceptors (Lipinski definition) is 4. The maximum Gasteiger partial charge on any atom is 0.434 e. The fraction of sp³-hybridized carbons (Fsp3) is 0.190. The Balaban J connectivity index is 1.67. The molecule has 0 fully saturated rings. The number of amides is 2. The number of methoxy groups -OCH3 is 1. The monoisotopic (exact) mass is 466 g/mol. The molecule has 1 heterocycles. The van der Waals surface area contributed by atoms with Crippen LogP contribution < -0.4 is 15.4 Å². The molecule has 0 atom stereocenters. The minimum atomic E-state index is -4.87. The highest BCUT2D eigenvalue weighted by molar-refractivity contribution is 6.30. The lowest BCUT2D eigenvalue weighted by Crippen LogP contribution is -2.37. The van der Waals surface area contributed by atoms with E-state index in [2.05, 4.69) is 15.7 Å². The van der Waals surface area contributed by atoms with Gasteiger partial charge in [-0.15, -0.1) is 0 Å². The highest BCUT2D eigenvalue weighted by atomic mass is 35.5. The Kier molecular flexibility index (Phi) is 7.04. The summed E-state index contributed by atoms with van der Waals surface area (Å²) in [6, 6.07) is 12.6. The fourth-order valence-corrected chi connectivity index (χ4v) is 3.04. The Morgan fingerprint density at radius 1 is 1.12 bits per heavy atom. The summed E-state index contributed by atoms with van der Waals surface area (Å²) in [4.78, 5) is 24.4. The minimum absolute atomic E-state index is 0.0427. The zero-order valence-corrected chi connectivity index (χ0v) is 17.5. The van der Waals surface area contributed by atoms with E-state index in [1.165, 1.54) is 31.4 Å². The minimum Gasteiger partial charge on any atom is -0.497 e. The second-order valence-corrected chi connectivity index (χ2v) is 7.04. The first kappa shape index (κ1) is 23.1. The molecule has 7 nitrogen and oxygen atoms in total. The van der Waals surface area contributed by atoms with E-state index in [1.54, 1.807) is 24.3 Å². The van der Waals surface area contributed by atoms with Gasteiger partial charge < -0.3 is 15.4 Å². The Hall–Kier alpha value is -3.53. The number of ether oxygens (including phenoxy) is 1. The van der Waals surface area contributed by atoms with Crippen LogP contribution in [0.2, 0.25) is 5.02 Å². The molecule has 0 saturated heterocycles. The predicted octanol–water partition coefficient (Wildman–Crippen LogP) is 3.60. The first-order valence-electron chi connectivity index (χ1n) is 9.28. The van der Waals surface area contributed by atoms with Crippen LogP contribution in [0.4, 0.5) is 13.2 Å². The van der Waals surface area contributed by atoms with Crippen LogP contribution in [0.15, 0.2) is 54.7 Å². The molecule has 0 unspecified atom stereocenters. The zero-order valence-electron chi connectivity index (χ0n) is 16.7. The van der Waals surface area contributed by atoms with Crippen molar-refractivity contribution in [1.82, 2.24) is 20.4 Å². The molecule has 32 heavy (non-hydrogen) atoms. The molecule has 0 radical (unpaired) electrons. The van der Waals surface area contributed by atoms with Gasteiger partial charge in [-0.2, -0.15) is 18.3 Å². The van der Waals surface area contributed by atoms with Crippen molar-refractivity contribution in [3.63, 3.8) is 0 Å². The average Bonchev–Trinajstić information content (AvgIpc) is 3.22.